The van der Waals surface area contributed by atoms with Crippen LogP contribution in [0.2, 0.25) is 0 Å². The van der Waals surface area contributed by atoms with Gasteiger partial charge in [-0.25, -0.2) is 13.8 Å². The van der Waals surface area contributed by atoms with E-state index in [1.165, 1.54) is 12.1 Å². The minimum absolute atomic E-state index is 0.00313. The van der Waals surface area contributed by atoms with Crippen LogP contribution >= 0.6 is 0 Å². The van der Waals surface area contributed by atoms with Crippen molar-refractivity contribution in [2.75, 3.05) is 38.1 Å². The lowest BCUT2D eigenvalue weighted by atomic mass is 9.95. The molecule has 0 amide bonds. The average Bonchev–Trinajstić information content (AvgIpc) is 3.56. The Bertz CT molecular complexity index is 1610. The van der Waals surface area contributed by atoms with Gasteiger partial charge in [-0.05, 0) is 74.6 Å². The number of aromatic nitrogens is 3. The van der Waals surface area contributed by atoms with Gasteiger partial charge in [-0.15, -0.1) is 0 Å². The van der Waals surface area contributed by atoms with E-state index in [0.29, 0.717) is 40.7 Å². The van der Waals surface area contributed by atoms with Gasteiger partial charge in [0.15, 0.2) is 12.0 Å². The van der Waals surface area contributed by atoms with Gasteiger partial charge in [-0.2, -0.15) is 9.97 Å². The summed E-state index contributed by atoms with van der Waals surface area (Å²) in [6.45, 7) is 6.15. The molecule has 0 bridgehead atoms. The molecule has 4 aromatic rings. The van der Waals surface area contributed by atoms with Gasteiger partial charge in [0.25, 0.3) is 0 Å². The lowest BCUT2D eigenvalue weighted by molar-refractivity contribution is 0.107. The molecule has 10 heteroatoms. The molecule has 5 heterocycles. The zero-order chi connectivity index (χ0) is 28.0. The van der Waals surface area contributed by atoms with Crippen molar-refractivity contribution in [3.8, 4) is 23.1 Å². The normalized spacial score (nSPS) is 19.3. The molecule has 41 heavy (non-hydrogen) atoms. The van der Waals surface area contributed by atoms with E-state index >= 15 is 4.39 Å². The largest absolute Gasteiger partial charge is 0.461 e. The van der Waals surface area contributed by atoms with Gasteiger partial charge in [0.2, 0.25) is 5.88 Å². The average molecular weight is 561 g/mol. The van der Waals surface area contributed by atoms with E-state index in [4.69, 9.17) is 9.47 Å². The summed E-state index contributed by atoms with van der Waals surface area (Å²) < 4.78 is 42.9. The smallest absolute Gasteiger partial charge is 0.319 e. The van der Waals surface area contributed by atoms with Crippen molar-refractivity contribution in [1.82, 2.24) is 25.2 Å². The third-order valence-corrected chi connectivity index (χ3v) is 8.70. The second-order valence-corrected chi connectivity index (χ2v) is 11.3. The zero-order valence-corrected chi connectivity index (χ0v) is 23.2. The van der Waals surface area contributed by atoms with Crippen LogP contribution in [0.1, 0.15) is 45.4 Å². The molecule has 2 saturated heterocycles. The monoisotopic (exact) mass is 560 g/mol. The Hall–Kier alpha value is -3.63. The Morgan fingerprint density at radius 3 is 2.80 bits per heavy atom. The van der Waals surface area contributed by atoms with Gasteiger partial charge in [0.05, 0.1) is 12.1 Å². The highest BCUT2D eigenvalue weighted by Crippen LogP contribution is 2.42. The molecule has 0 aliphatic carbocycles. The first-order valence-corrected chi connectivity index (χ1v) is 14.7. The van der Waals surface area contributed by atoms with Gasteiger partial charge in [-0.3, -0.25) is 4.90 Å². The summed E-state index contributed by atoms with van der Waals surface area (Å²) in [6, 6.07) is 9.93. The standard InChI is InChI=1S/C31H34F2N6O2/c1-2-3-13-34-17-23-35-28-24-27(37-30(38-28)40-18-31-11-5-14-39(31)15-6-12-31)25(33)26(36-29(24)41-23)22-8-4-7-19-16-20(32)9-10-21(19)22/h4,7-10,16,23,34H,2-3,5-6,11-15,17-18H2,1H3,(H,35,37,38). The number of nitrogens with zero attached hydrogens (tertiary/aromatic N) is 4. The highest BCUT2D eigenvalue weighted by atomic mass is 19.1. The van der Waals surface area contributed by atoms with Crippen molar-refractivity contribution in [2.24, 2.45) is 0 Å². The Kier molecular flexibility index (Phi) is 6.83. The number of rotatable bonds is 9. The molecule has 1 atom stereocenters. The molecule has 2 aromatic heterocycles. The number of nitrogens with one attached hydrogen (secondary N) is 2. The molecule has 3 aliphatic rings. The minimum Gasteiger partial charge on any atom is -0.461 e. The molecule has 1 unspecified atom stereocenters. The molecule has 2 N–H and O–H groups in total. The number of anilines is 1. The summed E-state index contributed by atoms with van der Waals surface area (Å²) >= 11 is 0. The molecule has 0 radical (unpaired) electrons. The lowest BCUT2D eigenvalue weighted by Gasteiger charge is -2.31. The molecule has 214 valence electrons. The third kappa shape index (κ3) is 4.72. The van der Waals surface area contributed by atoms with Crippen LogP contribution in [0.25, 0.3) is 32.9 Å². The number of hydrogen-bond donors (Lipinski definition) is 2. The molecule has 0 saturated carbocycles. The lowest BCUT2D eigenvalue weighted by Crippen LogP contribution is -2.43. The van der Waals surface area contributed by atoms with Crippen molar-refractivity contribution >= 4 is 27.5 Å². The highest BCUT2D eigenvalue weighted by Gasteiger charge is 2.45. The van der Waals surface area contributed by atoms with Crippen LogP contribution in [0.5, 0.6) is 11.9 Å². The number of benzene rings is 2. The molecule has 8 nitrogen and oxygen atoms in total. The fraction of sp³-hybridized carbons (Fsp3) is 0.452. The van der Waals surface area contributed by atoms with Crippen LogP contribution in [0, 0.1) is 11.6 Å². The molecular weight excluding hydrogens is 526 g/mol. The molecule has 2 fully saturated rings. The Balaban J connectivity index is 1.31. The summed E-state index contributed by atoms with van der Waals surface area (Å²) in [4.78, 5) is 16.4. The molecule has 0 spiro atoms. The fourth-order valence-electron chi connectivity index (χ4n) is 6.62. The maximum atomic E-state index is 16.4. The summed E-state index contributed by atoms with van der Waals surface area (Å²) in [5.41, 5.74) is 0.716. The van der Waals surface area contributed by atoms with Crippen LogP contribution in [-0.2, 0) is 0 Å². The summed E-state index contributed by atoms with van der Waals surface area (Å²) in [7, 11) is 0. The first-order valence-electron chi connectivity index (χ1n) is 14.7. The molecule has 3 aliphatic heterocycles. The predicted molar refractivity (Wildman–Crippen MR) is 154 cm³/mol. The van der Waals surface area contributed by atoms with Crippen LogP contribution < -0.4 is 20.1 Å². The maximum Gasteiger partial charge on any atom is 0.319 e. The fourth-order valence-corrected chi connectivity index (χ4v) is 6.62. The van der Waals surface area contributed by atoms with Gasteiger partial charge in [0, 0.05) is 5.56 Å². The second-order valence-electron chi connectivity index (χ2n) is 11.3. The molecule has 2 aromatic carbocycles. The molecule has 7 rings (SSSR count). The SMILES string of the molecule is CCCCNCC1Nc2nc(OCC34CCCN3CCC4)nc3c(F)c(-c4cccc5cc(F)ccc45)nc(c23)O1. The van der Waals surface area contributed by atoms with E-state index in [2.05, 4.69) is 37.4 Å². The zero-order valence-electron chi connectivity index (χ0n) is 23.2. The van der Waals surface area contributed by atoms with Crippen LogP contribution in [-0.4, -0.2) is 64.4 Å². The van der Waals surface area contributed by atoms with Crippen LogP contribution in [0.15, 0.2) is 36.4 Å². The number of hydrogen-bond acceptors (Lipinski definition) is 8. The van der Waals surface area contributed by atoms with Crippen molar-refractivity contribution in [3.05, 3.63) is 48.0 Å². The predicted octanol–water partition coefficient (Wildman–Crippen LogP) is 5.65. The van der Waals surface area contributed by atoms with Gasteiger partial charge in [0.1, 0.15) is 34.8 Å². The topological polar surface area (TPSA) is 84.4 Å². The van der Waals surface area contributed by atoms with Crippen molar-refractivity contribution < 1.29 is 18.3 Å². The van der Waals surface area contributed by atoms with E-state index in [0.717, 1.165) is 58.2 Å². The Morgan fingerprint density at radius 1 is 1.12 bits per heavy atom. The number of unbranched alkanes of at least 4 members (excludes halogenated alkanes) is 1. The first-order chi connectivity index (χ1) is 20.0. The highest BCUT2D eigenvalue weighted by molar-refractivity contribution is 6.01. The quantitative estimate of drug-likeness (QED) is 0.254. The number of halogens is 2. The minimum atomic E-state index is -0.597. The van der Waals surface area contributed by atoms with Gasteiger partial charge >= 0.3 is 6.01 Å². The summed E-state index contributed by atoms with van der Waals surface area (Å²) in [6.07, 6.45) is 6.14. The number of fused-ring (bicyclic) bond motifs is 2. The summed E-state index contributed by atoms with van der Waals surface area (Å²) in [5, 5.41) is 8.43. The van der Waals surface area contributed by atoms with E-state index in [1.54, 1.807) is 24.3 Å². The first kappa shape index (κ1) is 26.3. The van der Waals surface area contributed by atoms with Gasteiger partial charge < -0.3 is 20.1 Å². The van der Waals surface area contributed by atoms with Crippen molar-refractivity contribution in [2.45, 2.75) is 57.2 Å². The van der Waals surface area contributed by atoms with E-state index < -0.39 is 12.0 Å². The summed E-state index contributed by atoms with van der Waals surface area (Å²) in [5.74, 6) is -0.250. The van der Waals surface area contributed by atoms with E-state index in [9.17, 15) is 4.39 Å². The van der Waals surface area contributed by atoms with E-state index in [-0.39, 0.29) is 34.5 Å². The van der Waals surface area contributed by atoms with Crippen LogP contribution in [0.3, 0.4) is 0 Å². The van der Waals surface area contributed by atoms with Gasteiger partial charge in [-0.1, -0.05) is 37.6 Å². The molecular formula is C31H34F2N6O2. The Morgan fingerprint density at radius 2 is 1.98 bits per heavy atom. The second kappa shape index (κ2) is 10.6. The number of pyridine rings is 1. The third-order valence-electron chi connectivity index (χ3n) is 8.70. The van der Waals surface area contributed by atoms with Crippen molar-refractivity contribution in [3.63, 3.8) is 0 Å². The van der Waals surface area contributed by atoms with Crippen LogP contribution in [0.4, 0.5) is 14.6 Å². The maximum absolute atomic E-state index is 16.4. The van der Waals surface area contributed by atoms with Crippen molar-refractivity contribution in [1.29, 1.82) is 0 Å². The Labute approximate surface area is 237 Å². The van der Waals surface area contributed by atoms with E-state index in [1.807, 2.05) is 0 Å². The number of ether oxygens (including phenoxy) is 2.